The summed E-state index contributed by atoms with van der Waals surface area (Å²) in [6.07, 6.45) is 15.5. The van der Waals surface area contributed by atoms with E-state index >= 15 is 0 Å². The maximum atomic E-state index is 11.4. The van der Waals surface area contributed by atoms with Gasteiger partial charge in [-0.25, -0.2) is 0 Å². The van der Waals surface area contributed by atoms with Crippen LogP contribution in [0.25, 0.3) is 10.8 Å². The lowest BCUT2D eigenvalue weighted by Crippen LogP contribution is -1.95. The number of benzene rings is 2. The van der Waals surface area contributed by atoms with Crippen LogP contribution >= 0.6 is 0 Å². The molecule has 0 N–H and O–H groups in total. The third kappa shape index (κ3) is 5.78. The predicted molar refractivity (Wildman–Crippen MR) is 105 cm³/mol. The molecule has 2 rings (SSSR count). The van der Waals surface area contributed by atoms with Crippen molar-refractivity contribution < 1.29 is 4.79 Å². The molecule has 0 aliphatic carbocycles. The maximum Gasteiger partial charge on any atom is 0.150 e. The fourth-order valence-electron chi connectivity index (χ4n) is 3.53. The molecule has 2 aromatic carbocycles. The van der Waals surface area contributed by atoms with Gasteiger partial charge in [-0.3, -0.25) is 4.79 Å². The lowest BCUT2D eigenvalue weighted by Gasteiger charge is -2.09. The van der Waals surface area contributed by atoms with Crippen LogP contribution < -0.4 is 0 Å². The predicted octanol–water partition coefficient (Wildman–Crippen LogP) is 7.12. The zero-order valence-electron chi connectivity index (χ0n) is 15.2. The van der Waals surface area contributed by atoms with Crippen LogP contribution in [0.4, 0.5) is 0 Å². The molecule has 1 nitrogen and oxygen atoms in total. The molecule has 1 heteroatoms. The molecule has 0 saturated heterocycles. The van der Waals surface area contributed by atoms with E-state index in [0.29, 0.717) is 0 Å². The van der Waals surface area contributed by atoms with Crippen molar-refractivity contribution in [2.45, 2.75) is 77.6 Å². The van der Waals surface area contributed by atoms with Crippen molar-refractivity contribution in [1.29, 1.82) is 0 Å². The van der Waals surface area contributed by atoms with Crippen LogP contribution in [0.1, 0.15) is 87.1 Å². The monoisotopic (exact) mass is 324 g/mol. The van der Waals surface area contributed by atoms with Gasteiger partial charge in [-0.15, -0.1) is 0 Å². The normalized spacial score (nSPS) is 11.0. The van der Waals surface area contributed by atoms with Crippen LogP contribution in [-0.4, -0.2) is 6.29 Å². The van der Waals surface area contributed by atoms with Crippen molar-refractivity contribution in [2.75, 3.05) is 0 Å². The number of rotatable bonds is 12. The summed E-state index contributed by atoms with van der Waals surface area (Å²) < 4.78 is 0. The lowest BCUT2D eigenvalue weighted by atomic mass is 9.95. The topological polar surface area (TPSA) is 17.1 Å². The highest BCUT2D eigenvalue weighted by Crippen LogP contribution is 2.24. The number of aryl methyl sites for hydroxylation is 1. The Kier molecular flexibility index (Phi) is 8.59. The first kappa shape index (κ1) is 18.7. The van der Waals surface area contributed by atoms with Gasteiger partial charge >= 0.3 is 0 Å². The Morgan fingerprint density at radius 1 is 0.750 bits per heavy atom. The van der Waals surface area contributed by atoms with E-state index in [2.05, 4.69) is 37.3 Å². The van der Waals surface area contributed by atoms with E-state index in [0.717, 1.165) is 18.3 Å². The number of carbonyl (C=O) groups is 1. The van der Waals surface area contributed by atoms with Crippen molar-refractivity contribution in [3.05, 3.63) is 47.5 Å². The minimum absolute atomic E-state index is 0.865. The zero-order chi connectivity index (χ0) is 17.0. The molecule has 24 heavy (non-hydrogen) atoms. The van der Waals surface area contributed by atoms with E-state index in [9.17, 15) is 4.79 Å². The second kappa shape index (κ2) is 11.0. The SMILES string of the molecule is CCCCCCCCCCCCc1c(C=O)ccc2ccccc12. The van der Waals surface area contributed by atoms with E-state index < -0.39 is 0 Å². The largest absolute Gasteiger partial charge is 0.298 e. The van der Waals surface area contributed by atoms with Crippen LogP contribution in [0.5, 0.6) is 0 Å². The summed E-state index contributed by atoms with van der Waals surface area (Å²) in [5.41, 5.74) is 2.10. The Bertz CT molecular complexity index is 614. The maximum absolute atomic E-state index is 11.4. The number of unbranched alkanes of at least 4 members (excludes halogenated alkanes) is 9. The number of fused-ring (bicyclic) bond motifs is 1. The Morgan fingerprint density at radius 3 is 2.04 bits per heavy atom. The molecule has 0 aromatic heterocycles. The lowest BCUT2D eigenvalue weighted by molar-refractivity contribution is 0.112. The molecule has 0 bridgehead atoms. The van der Waals surface area contributed by atoms with Gasteiger partial charge in [0.05, 0.1) is 0 Å². The van der Waals surface area contributed by atoms with Crippen molar-refractivity contribution in [3.8, 4) is 0 Å². The van der Waals surface area contributed by atoms with Crippen LogP contribution in [0.2, 0.25) is 0 Å². The summed E-state index contributed by atoms with van der Waals surface area (Å²) in [6, 6.07) is 12.4. The number of aldehydes is 1. The van der Waals surface area contributed by atoms with Gasteiger partial charge in [0.1, 0.15) is 6.29 Å². The van der Waals surface area contributed by atoms with Crippen LogP contribution in [-0.2, 0) is 6.42 Å². The quantitative estimate of drug-likeness (QED) is 0.300. The molecular formula is C23H32O. The Morgan fingerprint density at radius 2 is 1.38 bits per heavy atom. The standard InChI is InChI=1S/C23H32O/c1-2-3-4-5-6-7-8-9-10-11-15-23-21(19-24)18-17-20-14-12-13-16-22(20)23/h12-14,16-19H,2-11,15H2,1H3. The summed E-state index contributed by atoms with van der Waals surface area (Å²) in [4.78, 5) is 11.4. The van der Waals surface area contributed by atoms with Crippen molar-refractivity contribution in [1.82, 2.24) is 0 Å². The van der Waals surface area contributed by atoms with Gasteiger partial charge in [-0.05, 0) is 29.2 Å². The molecule has 0 heterocycles. The van der Waals surface area contributed by atoms with Crippen LogP contribution in [0.3, 0.4) is 0 Å². The molecule has 0 atom stereocenters. The fraction of sp³-hybridized carbons (Fsp3) is 0.522. The van der Waals surface area contributed by atoms with Gasteiger partial charge < -0.3 is 0 Å². The number of hydrogen-bond acceptors (Lipinski definition) is 1. The van der Waals surface area contributed by atoms with Gasteiger partial charge in [0.15, 0.2) is 0 Å². The third-order valence-electron chi connectivity index (χ3n) is 4.98. The average Bonchev–Trinajstić information content (AvgIpc) is 2.63. The highest BCUT2D eigenvalue weighted by Gasteiger charge is 2.06. The Hall–Kier alpha value is -1.63. The highest BCUT2D eigenvalue weighted by atomic mass is 16.1. The fourth-order valence-corrected chi connectivity index (χ4v) is 3.53. The van der Waals surface area contributed by atoms with E-state index in [1.165, 1.54) is 80.5 Å². The molecule has 0 spiro atoms. The molecular weight excluding hydrogens is 292 g/mol. The van der Waals surface area contributed by atoms with Gasteiger partial charge in [0.25, 0.3) is 0 Å². The first-order chi connectivity index (χ1) is 11.9. The number of hydrogen-bond donors (Lipinski definition) is 0. The Labute approximate surface area is 147 Å². The van der Waals surface area contributed by atoms with E-state index in [1.54, 1.807) is 0 Å². The number of carbonyl (C=O) groups excluding carboxylic acids is 1. The zero-order valence-corrected chi connectivity index (χ0v) is 15.2. The first-order valence-corrected chi connectivity index (χ1v) is 9.82. The smallest absolute Gasteiger partial charge is 0.150 e. The third-order valence-corrected chi connectivity index (χ3v) is 4.98. The van der Waals surface area contributed by atoms with Gasteiger partial charge in [0.2, 0.25) is 0 Å². The van der Waals surface area contributed by atoms with E-state index in [-0.39, 0.29) is 0 Å². The highest BCUT2D eigenvalue weighted by molar-refractivity contribution is 5.93. The molecule has 0 amide bonds. The van der Waals surface area contributed by atoms with Gasteiger partial charge in [-0.1, -0.05) is 101 Å². The summed E-state index contributed by atoms with van der Waals surface area (Å²) in [5, 5.41) is 2.49. The molecule has 130 valence electrons. The average molecular weight is 325 g/mol. The summed E-state index contributed by atoms with van der Waals surface area (Å²) >= 11 is 0. The molecule has 0 aliphatic heterocycles. The molecule has 0 unspecified atom stereocenters. The van der Waals surface area contributed by atoms with Gasteiger partial charge in [-0.2, -0.15) is 0 Å². The second-order valence-corrected chi connectivity index (χ2v) is 6.90. The molecule has 0 radical (unpaired) electrons. The van der Waals surface area contributed by atoms with Crippen molar-refractivity contribution in [2.24, 2.45) is 0 Å². The van der Waals surface area contributed by atoms with Crippen molar-refractivity contribution >= 4 is 17.1 Å². The summed E-state index contributed by atoms with van der Waals surface area (Å²) in [5.74, 6) is 0. The van der Waals surface area contributed by atoms with Crippen LogP contribution in [0, 0.1) is 0 Å². The molecule has 0 saturated carbocycles. The first-order valence-electron chi connectivity index (χ1n) is 9.82. The van der Waals surface area contributed by atoms with Gasteiger partial charge in [0, 0.05) is 5.56 Å². The molecule has 0 fully saturated rings. The minimum Gasteiger partial charge on any atom is -0.298 e. The van der Waals surface area contributed by atoms with Crippen molar-refractivity contribution in [3.63, 3.8) is 0 Å². The molecule has 0 aliphatic rings. The molecule has 2 aromatic rings. The van der Waals surface area contributed by atoms with Crippen LogP contribution in [0.15, 0.2) is 36.4 Å². The summed E-state index contributed by atoms with van der Waals surface area (Å²) in [7, 11) is 0. The minimum atomic E-state index is 0.865. The van der Waals surface area contributed by atoms with E-state index in [4.69, 9.17) is 0 Å². The van der Waals surface area contributed by atoms with E-state index in [1.807, 2.05) is 6.07 Å². The Balaban J connectivity index is 1.73. The summed E-state index contributed by atoms with van der Waals surface area (Å²) in [6.45, 7) is 2.27. The second-order valence-electron chi connectivity index (χ2n) is 6.90.